The van der Waals surface area contributed by atoms with E-state index in [0.29, 0.717) is 25.2 Å². The zero-order chi connectivity index (χ0) is 13.5. The predicted molar refractivity (Wildman–Crippen MR) is 70.3 cm³/mol. The van der Waals surface area contributed by atoms with Gasteiger partial charge in [0, 0.05) is 25.4 Å². The summed E-state index contributed by atoms with van der Waals surface area (Å²) in [6.45, 7) is 4.98. The lowest BCUT2D eigenvalue weighted by Gasteiger charge is -2.35. The third-order valence-corrected chi connectivity index (χ3v) is 3.65. The first kappa shape index (κ1) is 15.0. The Bertz CT molecular complexity index is 285. The molecule has 0 aromatic carbocycles. The van der Waals surface area contributed by atoms with Gasteiger partial charge < -0.3 is 10.0 Å². The van der Waals surface area contributed by atoms with Gasteiger partial charge >= 0.3 is 5.97 Å². The van der Waals surface area contributed by atoms with Crippen LogP contribution in [0.25, 0.3) is 0 Å². The second-order valence-electron chi connectivity index (χ2n) is 5.54. The zero-order valence-electron chi connectivity index (χ0n) is 11.5. The summed E-state index contributed by atoms with van der Waals surface area (Å²) in [6, 6.07) is 0.248. The molecule has 104 valence electrons. The highest BCUT2D eigenvalue weighted by Gasteiger charge is 2.24. The molecule has 1 amide bonds. The Morgan fingerprint density at radius 1 is 1.22 bits per heavy atom. The van der Waals surface area contributed by atoms with Crippen molar-refractivity contribution in [1.82, 2.24) is 4.90 Å². The van der Waals surface area contributed by atoms with E-state index in [1.807, 2.05) is 18.7 Å². The van der Waals surface area contributed by atoms with Gasteiger partial charge in [0.05, 0.1) is 0 Å². The van der Waals surface area contributed by atoms with E-state index in [0.717, 1.165) is 6.54 Å². The molecule has 4 nitrogen and oxygen atoms in total. The SMILES string of the molecule is CC(C)N(CC1CCC1)C(=O)CCCCC(=O)O. The number of aliphatic carboxylic acids is 1. The Morgan fingerprint density at radius 2 is 1.83 bits per heavy atom. The number of carbonyl (C=O) groups is 2. The number of carboxylic acids is 1. The van der Waals surface area contributed by atoms with Crippen molar-refractivity contribution in [2.75, 3.05) is 6.54 Å². The highest BCUT2D eigenvalue weighted by Crippen LogP contribution is 2.28. The van der Waals surface area contributed by atoms with Crippen LogP contribution in [0.4, 0.5) is 0 Å². The molecule has 18 heavy (non-hydrogen) atoms. The summed E-state index contributed by atoms with van der Waals surface area (Å²) in [5.74, 6) is 0.0929. The topological polar surface area (TPSA) is 57.6 Å². The van der Waals surface area contributed by atoms with Crippen molar-refractivity contribution in [3.8, 4) is 0 Å². The fourth-order valence-corrected chi connectivity index (χ4v) is 2.25. The molecule has 0 saturated heterocycles. The summed E-state index contributed by atoms with van der Waals surface area (Å²) in [5.41, 5.74) is 0. The maximum absolute atomic E-state index is 12.1. The molecule has 0 bridgehead atoms. The van der Waals surface area contributed by atoms with Crippen LogP contribution in [-0.2, 0) is 9.59 Å². The molecule has 0 aromatic heterocycles. The van der Waals surface area contributed by atoms with Crippen LogP contribution in [0.5, 0.6) is 0 Å². The van der Waals surface area contributed by atoms with E-state index in [2.05, 4.69) is 0 Å². The van der Waals surface area contributed by atoms with Gasteiger partial charge in [0.2, 0.25) is 5.91 Å². The number of hydrogen-bond acceptors (Lipinski definition) is 2. The van der Waals surface area contributed by atoms with E-state index < -0.39 is 5.97 Å². The van der Waals surface area contributed by atoms with Crippen molar-refractivity contribution in [2.45, 2.75) is 64.8 Å². The van der Waals surface area contributed by atoms with E-state index in [-0.39, 0.29) is 18.4 Å². The minimum Gasteiger partial charge on any atom is -0.481 e. The Labute approximate surface area is 109 Å². The van der Waals surface area contributed by atoms with Crippen LogP contribution in [0.2, 0.25) is 0 Å². The molecule has 0 heterocycles. The molecular weight excluding hydrogens is 230 g/mol. The molecule has 0 unspecified atom stereocenters. The molecule has 4 heteroatoms. The summed E-state index contributed by atoms with van der Waals surface area (Å²) in [7, 11) is 0. The fourth-order valence-electron chi connectivity index (χ4n) is 2.25. The van der Waals surface area contributed by atoms with Crippen LogP contribution < -0.4 is 0 Å². The molecule has 1 rings (SSSR count). The Kier molecular flexibility index (Phi) is 6.16. The molecule has 1 fully saturated rings. The maximum atomic E-state index is 12.1. The highest BCUT2D eigenvalue weighted by molar-refractivity contribution is 5.76. The van der Waals surface area contributed by atoms with Gasteiger partial charge in [-0.1, -0.05) is 6.42 Å². The van der Waals surface area contributed by atoms with E-state index in [1.54, 1.807) is 0 Å². The van der Waals surface area contributed by atoms with Crippen molar-refractivity contribution < 1.29 is 14.7 Å². The Balaban J connectivity index is 2.27. The molecule has 1 saturated carbocycles. The summed E-state index contributed by atoms with van der Waals surface area (Å²) >= 11 is 0. The number of amides is 1. The van der Waals surface area contributed by atoms with Gasteiger partial charge in [-0.2, -0.15) is 0 Å². The highest BCUT2D eigenvalue weighted by atomic mass is 16.4. The van der Waals surface area contributed by atoms with Gasteiger partial charge in [-0.25, -0.2) is 0 Å². The molecule has 0 aliphatic heterocycles. The lowest BCUT2D eigenvalue weighted by molar-refractivity contribution is -0.138. The largest absolute Gasteiger partial charge is 0.481 e. The second-order valence-corrected chi connectivity index (χ2v) is 5.54. The van der Waals surface area contributed by atoms with Crippen molar-refractivity contribution >= 4 is 11.9 Å². The van der Waals surface area contributed by atoms with Gasteiger partial charge in [0.1, 0.15) is 0 Å². The summed E-state index contributed by atoms with van der Waals surface area (Å²) < 4.78 is 0. The van der Waals surface area contributed by atoms with Crippen LogP contribution in [0.1, 0.15) is 58.8 Å². The number of unbranched alkanes of at least 4 members (excludes halogenated alkanes) is 1. The normalized spacial score (nSPS) is 15.5. The van der Waals surface area contributed by atoms with Crippen LogP contribution in [0, 0.1) is 5.92 Å². The van der Waals surface area contributed by atoms with E-state index >= 15 is 0 Å². The van der Waals surface area contributed by atoms with Crippen molar-refractivity contribution in [2.24, 2.45) is 5.92 Å². The molecule has 0 radical (unpaired) electrons. The van der Waals surface area contributed by atoms with Gasteiger partial charge in [-0.15, -0.1) is 0 Å². The maximum Gasteiger partial charge on any atom is 0.303 e. The van der Waals surface area contributed by atoms with Gasteiger partial charge in [0.25, 0.3) is 0 Å². The summed E-state index contributed by atoms with van der Waals surface area (Å²) in [6.07, 6.45) is 5.71. The number of hydrogen-bond donors (Lipinski definition) is 1. The average molecular weight is 255 g/mol. The van der Waals surface area contributed by atoms with Gasteiger partial charge in [0.15, 0.2) is 0 Å². The first-order valence-corrected chi connectivity index (χ1v) is 7.02. The van der Waals surface area contributed by atoms with Crippen molar-refractivity contribution in [1.29, 1.82) is 0 Å². The van der Waals surface area contributed by atoms with Crippen LogP contribution in [-0.4, -0.2) is 34.5 Å². The quantitative estimate of drug-likeness (QED) is 0.678. The lowest BCUT2D eigenvalue weighted by Crippen LogP contribution is -2.41. The molecule has 1 aliphatic rings. The smallest absolute Gasteiger partial charge is 0.303 e. The average Bonchev–Trinajstić information content (AvgIpc) is 2.21. The van der Waals surface area contributed by atoms with Gasteiger partial charge in [-0.05, 0) is 45.4 Å². The first-order chi connectivity index (χ1) is 8.50. The number of rotatable bonds is 8. The van der Waals surface area contributed by atoms with Crippen molar-refractivity contribution in [3.63, 3.8) is 0 Å². The second kappa shape index (κ2) is 7.39. The van der Waals surface area contributed by atoms with Gasteiger partial charge in [-0.3, -0.25) is 9.59 Å². The predicted octanol–water partition coefficient (Wildman–Crippen LogP) is 2.67. The summed E-state index contributed by atoms with van der Waals surface area (Å²) in [5, 5.41) is 8.54. The fraction of sp³-hybridized carbons (Fsp3) is 0.857. The molecule has 0 spiro atoms. The van der Waals surface area contributed by atoms with Crippen molar-refractivity contribution in [3.05, 3.63) is 0 Å². The van der Waals surface area contributed by atoms with E-state index in [4.69, 9.17) is 5.11 Å². The molecule has 0 aromatic rings. The molecular formula is C14H25NO3. The van der Waals surface area contributed by atoms with Crippen LogP contribution >= 0.6 is 0 Å². The lowest BCUT2D eigenvalue weighted by atomic mass is 9.85. The first-order valence-electron chi connectivity index (χ1n) is 7.02. The standard InChI is InChI=1S/C14H25NO3/c1-11(2)15(10-12-6-5-7-12)13(16)8-3-4-9-14(17)18/h11-12H,3-10H2,1-2H3,(H,17,18). The number of carbonyl (C=O) groups excluding carboxylic acids is 1. The van der Waals surface area contributed by atoms with Crippen LogP contribution in [0.3, 0.4) is 0 Å². The van der Waals surface area contributed by atoms with Crippen LogP contribution in [0.15, 0.2) is 0 Å². The summed E-state index contributed by atoms with van der Waals surface area (Å²) in [4.78, 5) is 24.4. The van der Waals surface area contributed by atoms with E-state index in [1.165, 1.54) is 19.3 Å². The Hall–Kier alpha value is -1.06. The number of nitrogens with zero attached hydrogens (tertiary/aromatic N) is 1. The Morgan fingerprint density at radius 3 is 2.28 bits per heavy atom. The zero-order valence-corrected chi connectivity index (χ0v) is 11.5. The third-order valence-electron chi connectivity index (χ3n) is 3.65. The monoisotopic (exact) mass is 255 g/mol. The number of carboxylic acid groups (broad SMARTS) is 1. The van der Waals surface area contributed by atoms with E-state index in [9.17, 15) is 9.59 Å². The minimum atomic E-state index is -0.780. The molecule has 0 atom stereocenters. The minimum absolute atomic E-state index is 0.164. The third kappa shape index (κ3) is 5.07. The molecule has 1 aliphatic carbocycles. The molecule has 1 N–H and O–H groups in total.